The lowest BCUT2D eigenvalue weighted by Gasteiger charge is -2.40. The Morgan fingerprint density at radius 2 is 2.38 bits per heavy atom. The molecule has 76 valence electrons. The smallest absolute Gasteiger partial charge is 0.0668 e. The Morgan fingerprint density at radius 3 is 2.92 bits per heavy atom. The fourth-order valence-electron chi connectivity index (χ4n) is 2.03. The normalized spacial score (nSPS) is 46.6. The van der Waals surface area contributed by atoms with Gasteiger partial charge >= 0.3 is 0 Å². The predicted octanol–water partition coefficient (Wildman–Crippen LogP) is 1.71. The fraction of sp³-hybridized carbons (Fsp3) is 1.00. The second-order valence-electron chi connectivity index (χ2n) is 4.46. The minimum atomic E-state index is 0.281. The Kier molecular flexibility index (Phi) is 2.86. The quantitative estimate of drug-likeness (QED) is 0.698. The molecular weight excluding hydrogens is 182 g/mol. The van der Waals surface area contributed by atoms with Crippen molar-refractivity contribution in [2.75, 3.05) is 25.5 Å². The van der Waals surface area contributed by atoms with Crippen LogP contribution in [0.2, 0.25) is 0 Å². The van der Waals surface area contributed by atoms with Crippen molar-refractivity contribution >= 4 is 11.8 Å². The van der Waals surface area contributed by atoms with Crippen LogP contribution in [-0.4, -0.2) is 30.4 Å². The van der Waals surface area contributed by atoms with Crippen LogP contribution in [0.25, 0.3) is 0 Å². The molecule has 0 spiro atoms. The van der Waals surface area contributed by atoms with Crippen LogP contribution in [0.3, 0.4) is 0 Å². The molecule has 0 aromatic rings. The van der Waals surface area contributed by atoms with Crippen molar-refractivity contribution in [3.05, 3.63) is 0 Å². The Bertz CT molecular complexity index is 172. The zero-order chi connectivity index (χ0) is 9.31. The van der Waals surface area contributed by atoms with Gasteiger partial charge in [-0.3, -0.25) is 0 Å². The molecule has 13 heavy (non-hydrogen) atoms. The first-order valence-corrected chi connectivity index (χ1v) is 6.16. The van der Waals surface area contributed by atoms with Gasteiger partial charge in [-0.05, 0) is 31.6 Å². The zero-order valence-electron chi connectivity index (χ0n) is 8.51. The lowest BCUT2D eigenvalue weighted by Crippen LogP contribution is -2.51. The molecule has 2 aliphatic rings. The molecule has 2 rings (SSSR count). The van der Waals surface area contributed by atoms with Crippen LogP contribution in [0.15, 0.2) is 0 Å². The molecular formula is C10H19NOS. The van der Waals surface area contributed by atoms with Gasteiger partial charge in [-0.1, -0.05) is 6.92 Å². The molecule has 3 atom stereocenters. The summed E-state index contributed by atoms with van der Waals surface area (Å²) in [5.74, 6) is 2.82. The van der Waals surface area contributed by atoms with Crippen molar-refractivity contribution in [1.29, 1.82) is 0 Å². The van der Waals surface area contributed by atoms with E-state index in [1.165, 1.54) is 18.7 Å². The minimum Gasteiger partial charge on any atom is -0.381 e. The minimum absolute atomic E-state index is 0.281. The van der Waals surface area contributed by atoms with E-state index in [-0.39, 0.29) is 4.87 Å². The summed E-state index contributed by atoms with van der Waals surface area (Å²) >= 11 is 2.08. The highest BCUT2D eigenvalue weighted by atomic mass is 32.2. The van der Waals surface area contributed by atoms with E-state index in [1.807, 2.05) is 0 Å². The molecule has 3 unspecified atom stereocenters. The van der Waals surface area contributed by atoms with Crippen molar-refractivity contribution < 1.29 is 4.74 Å². The highest BCUT2D eigenvalue weighted by Crippen LogP contribution is 2.38. The molecule has 0 amide bonds. The first kappa shape index (κ1) is 9.81. The van der Waals surface area contributed by atoms with Gasteiger partial charge in [0.2, 0.25) is 0 Å². The van der Waals surface area contributed by atoms with Crippen molar-refractivity contribution in [3.8, 4) is 0 Å². The number of hydrogen-bond acceptors (Lipinski definition) is 3. The summed E-state index contributed by atoms with van der Waals surface area (Å²) in [4.78, 5) is 0.281. The van der Waals surface area contributed by atoms with Gasteiger partial charge in [0.1, 0.15) is 0 Å². The monoisotopic (exact) mass is 201 g/mol. The van der Waals surface area contributed by atoms with E-state index in [0.29, 0.717) is 5.92 Å². The van der Waals surface area contributed by atoms with Crippen molar-refractivity contribution in [2.45, 2.75) is 25.1 Å². The van der Waals surface area contributed by atoms with Crippen molar-refractivity contribution in [3.63, 3.8) is 0 Å². The molecule has 2 nitrogen and oxygen atoms in total. The SMILES string of the molecule is CC1CNC(C)(C2CCOC2)SC1. The third-order valence-electron chi connectivity index (χ3n) is 3.18. The van der Waals surface area contributed by atoms with Crippen LogP contribution in [-0.2, 0) is 4.74 Å². The molecule has 0 saturated carbocycles. The topological polar surface area (TPSA) is 21.3 Å². The third kappa shape index (κ3) is 2.03. The van der Waals surface area contributed by atoms with E-state index in [4.69, 9.17) is 4.74 Å². The number of nitrogens with one attached hydrogen (secondary N) is 1. The van der Waals surface area contributed by atoms with E-state index >= 15 is 0 Å². The summed E-state index contributed by atoms with van der Waals surface area (Å²) in [7, 11) is 0. The number of thioether (sulfide) groups is 1. The Morgan fingerprint density at radius 1 is 1.54 bits per heavy atom. The maximum Gasteiger partial charge on any atom is 0.0668 e. The average molecular weight is 201 g/mol. The predicted molar refractivity (Wildman–Crippen MR) is 57.0 cm³/mol. The molecule has 0 radical (unpaired) electrons. The summed E-state index contributed by atoms with van der Waals surface area (Å²) in [6.45, 7) is 7.72. The molecule has 0 aliphatic carbocycles. The van der Waals surface area contributed by atoms with Crippen LogP contribution < -0.4 is 5.32 Å². The summed E-state index contributed by atoms with van der Waals surface area (Å²) in [6, 6.07) is 0. The van der Waals surface area contributed by atoms with Crippen LogP contribution in [0.1, 0.15) is 20.3 Å². The fourth-order valence-corrected chi connectivity index (χ4v) is 3.39. The summed E-state index contributed by atoms with van der Waals surface area (Å²) in [6.07, 6.45) is 1.23. The standard InChI is InChI=1S/C10H19NOS/c1-8-5-11-10(2,13-7-8)9-3-4-12-6-9/h8-9,11H,3-7H2,1-2H3. The molecule has 2 saturated heterocycles. The number of ether oxygens (including phenoxy) is 1. The Balaban J connectivity index is 1.95. The maximum atomic E-state index is 5.45. The molecule has 0 bridgehead atoms. The summed E-state index contributed by atoms with van der Waals surface area (Å²) in [5.41, 5.74) is 0. The van der Waals surface area contributed by atoms with Gasteiger partial charge in [-0.25, -0.2) is 0 Å². The van der Waals surface area contributed by atoms with Crippen LogP contribution in [0.4, 0.5) is 0 Å². The van der Waals surface area contributed by atoms with E-state index < -0.39 is 0 Å². The average Bonchev–Trinajstić information content (AvgIpc) is 2.63. The van der Waals surface area contributed by atoms with Crippen LogP contribution in [0.5, 0.6) is 0 Å². The summed E-state index contributed by atoms with van der Waals surface area (Å²) in [5, 5.41) is 3.67. The van der Waals surface area contributed by atoms with Gasteiger partial charge in [0.05, 0.1) is 11.5 Å². The maximum absolute atomic E-state index is 5.45. The van der Waals surface area contributed by atoms with E-state index in [2.05, 4.69) is 30.9 Å². The lowest BCUT2D eigenvalue weighted by molar-refractivity contribution is 0.172. The molecule has 0 aromatic heterocycles. The highest BCUT2D eigenvalue weighted by Gasteiger charge is 2.39. The van der Waals surface area contributed by atoms with Gasteiger partial charge in [0, 0.05) is 12.5 Å². The van der Waals surface area contributed by atoms with Gasteiger partial charge in [-0.2, -0.15) is 0 Å². The Hall–Kier alpha value is 0.270. The number of rotatable bonds is 1. The molecule has 2 aliphatic heterocycles. The first-order chi connectivity index (χ1) is 6.21. The molecule has 1 N–H and O–H groups in total. The lowest BCUT2D eigenvalue weighted by atomic mass is 9.99. The largest absolute Gasteiger partial charge is 0.381 e. The van der Waals surface area contributed by atoms with E-state index in [1.54, 1.807) is 0 Å². The van der Waals surface area contributed by atoms with Crippen LogP contribution >= 0.6 is 11.8 Å². The second-order valence-corrected chi connectivity index (χ2v) is 5.93. The van der Waals surface area contributed by atoms with Crippen molar-refractivity contribution in [1.82, 2.24) is 5.32 Å². The van der Waals surface area contributed by atoms with Gasteiger partial charge < -0.3 is 10.1 Å². The van der Waals surface area contributed by atoms with Gasteiger partial charge in [0.25, 0.3) is 0 Å². The second kappa shape index (κ2) is 3.79. The van der Waals surface area contributed by atoms with Crippen molar-refractivity contribution in [2.24, 2.45) is 11.8 Å². The molecule has 0 aromatic carbocycles. The molecule has 3 heteroatoms. The Labute approximate surface area is 84.8 Å². The van der Waals surface area contributed by atoms with E-state index in [9.17, 15) is 0 Å². The highest BCUT2D eigenvalue weighted by molar-refractivity contribution is 8.00. The third-order valence-corrected chi connectivity index (χ3v) is 4.99. The number of hydrogen-bond donors (Lipinski definition) is 1. The van der Waals surface area contributed by atoms with E-state index in [0.717, 1.165) is 19.1 Å². The first-order valence-electron chi connectivity index (χ1n) is 5.17. The van der Waals surface area contributed by atoms with Gasteiger partial charge in [0.15, 0.2) is 0 Å². The van der Waals surface area contributed by atoms with Crippen LogP contribution in [0, 0.1) is 11.8 Å². The molecule has 2 fully saturated rings. The zero-order valence-corrected chi connectivity index (χ0v) is 9.32. The summed E-state index contributed by atoms with van der Waals surface area (Å²) < 4.78 is 5.45. The van der Waals surface area contributed by atoms with Gasteiger partial charge in [-0.15, -0.1) is 11.8 Å². The molecule has 2 heterocycles.